The number of nitrogens with one attached hydrogen (secondary N) is 2. The molecule has 1 amide bonds. The molecule has 2 aliphatic heterocycles. The minimum atomic E-state index is -0.302. The van der Waals surface area contributed by atoms with E-state index in [0.29, 0.717) is 22.2 Å². The maximum atomic E-state index is 14.4. The highest BCUT2D eigenvalue weighted by Gasteiger charge is 2.32. The van der Waals surface area contributed by atoms with Gasteiger partial charge in [-0.2, -0.15) is 0 Å². The Morgan fingerprint density at radius 3 is 2.51 bits per heavy atom. The fourth-order valence-electron chi connectivity index (χ4n) is 5.41. The first-order chi connectivity index (χ1) is 19.0. The fraction of sp³-hybridized carbons (Fsp3) is 0.310. The number of rotatable bonds is 6. The maximum Gasteiger partial charge on any atom is 0.237 e. The van der Waals surface area contributed by atoms with Crippen LogP contribution in [-0.4, -0.2) is 64.5 Å². The van der Waals surface area contributed by atoms with E-state index in [2.05, 4.69) is 35.4 Å². The van der Waals surface area contributed by atoms with Crippen molar-refractivity contribution in [3.8, 4) is 11.1 Å². The van der Waals surface area contributed by atoms with Crippen LogP contribution in [0.4, 0.5) is 16.0 Å². The third-order valence-electron chi connectivity index (χ3n) is 7.58. The standard InChI is InChI=1S/C29H29ClFN7O/c1-18(21-4-2-3-5-24(21)31)36-27-22-14-19(6-7-25(22)33-17-23(27)30)20-15-34-29(35-16-20)38-12-10-37(11-13-38)26-8-9-32-28(26)39/h2-7,14-18,26H,8-13H2,1H3,(H,32,39)(H,33,36)/t18-,26?/m1/s1. The summed E-state index contributed by atoms with van der Waals surface area (Å²) < 4.78 is 14.4. The Morgan fingerprint density at radius 1 is 1.03 bits per heavy atom. The van der Waals surface area contributed by atoms with Gasteiger partial charge in [-0.1, -0.05) is 35.9 Å². The van der Waals surface area contributed by atoms with Crippen LogP contribution >= 0.6 is 11.6 Å². The molecule has 4 heterocycles. The zero-order chi connectivity index (χ0) is 26.9. The van der Waals surface area contributed by atoms with Crippen molar-refractivity contribution in [3.05, 3.63) is 77.5 Å². The van der Waals surface area contributed by atoms with E-state index in [-0.39, 0.29) is 23.8 Å². The smallest absolute Gasteiger partial charge is 0.237 e. The number of hydrogen-bond donors (Lipinski definition) is 2. The number of aromatic nitrogens is 3. The Hall–Kier alpha value is -3.82. The van der Waals surface area contributed by atoms with E-state index >= 15 is 0 Å². The highest BCUT2D eigenvalue weighted by Crippen LogP contribution is 2.35. The van der Waals surface area contributed by atoms with Crippen LogP contribution in [0.15, 0.2) is 61.1 Å². The van der Waals surface area contributed by atoms with Crippen molar-refractivity contribution >= 4 is 40.0 Å². The van der Waals surface area contributed by atoms with Crippen molar-refractivity contribution < 1.29 is 9.18 Å². The van der Waals surface area contributed by atoms with Crippen molar-refractivity contribution in [3.63, 3.8) is 0 Å². The third-order valence-corrected chi connectivity index (χ3v) is 7.87. The number of halogens is 2. The summed E-state index contributed by atoms with van der Waals surface area (Å²) in [5.41, 5.74) is 3.83. The molecule has 8 nitrogen and oxygen atoms in total. The summed E-state index contributed by atoms with van der Waals surface area (Å²) in [5.74, 6) is 0.548. The van der Waals surface area contributed by atoms with Crippen molar-refractivity contribution in [2.75, 3.05) is 42.9 Å². The number of benzene rings is 2. The number of nitrogens with zero attached hydrogens (tertiary/aromatic N) is 5. The van der Waals surface area contributed by atoms with Gasteiger partial charge < -0.3 is 15.5 Å². The number of hydrogen-bond acceptors (Lipinski definition) is 7. The topological polar surface area (TPSA) is 86.3 Å². The Kier molecular flexibility index (Phi) is 7.01. The van der Waals surface area contributed by atoms with Crippen molar-refractivity contribution in [1.82, 2.24) is 25.2 Å². The zero-order valence-electron chi connectivity index (χ0n) is 21.6. The summed E-state index contributed by atoms with van der Waals surface area (Å²) in [6, 6.07) is 12.3. The Morgan fingerprint density at radius 2 is 1.79 bits per heavy atom. The predicted molar refractivity (Wildman–Crippen MR) is 151 cm³/mol. The molecule has 2 aromatic carbocycles. The lowest BCUT2D eigenvalue weighted by Gasteiger charge is -2.36. The van der Waals surface area contributed by atoms with Gasteiger partial charge in [0.2, 0.25) is 11.9 Å². The molecule has 200 valence electrons. The molecule has 0 aliphatic carbocycles. The first-order valence-corrected chi connectivity index (χ1v) is 13.5. The van der Waals surface area contributed by atoms with Crippen molar-refractivity contribution in [2.45, 2.75) is 25.4 Å². The number of anilines is 2. The SMILES string of the molecule is C[C@@H](Nc1c(Cl)cnc2ccc(-c3cnc(N4CCN(C5CCNC5=O)CC4)nc3)cc12)c1ccccc1F. The number of carbonyl (C=O) groups excluding carboxylic acids is 1. The van der Waals surface area contributed by atoms with E-state index in [1.807, 2.05) is 43.6 Å². The van der Waals surface area contributed by atoms with E-state index in [9.17, 15) is 9.18 Å². The molecule has 1 unspecified atom stereocenters. The molecule has 0 saturated carbocycles. The van der Waals surface area contributed by atoms with E-state index < -0.39 is 0 Å². The highest BCUT2D eigenvalue weighted by atomic mass is 35.5. The molecule has 2 aliphatic rings. The Balaban J connectivity index is 1.21. The van der Waals surface area contributed by atoms with Gasteiger partial charge >= 0.3 is 0 Å². The summed E-state index contributed by atoms with van der Waals surface area (Å²) in [7, 11) is 0. The van der Waals surface area contributed by atoms with Gasteiger partial charge in [0.05, 0.1) is 28.3 Å². The van der Waals surface area contributed by atoms with Crippen LogP contribution in [0.2, 0.25) is 5.02 Å². The molecule has 2 fully saturated rings. The number of pyridine rings is 1. The number of fused-ring (bicyclic) bond motifs is 1. The second-order valence-corrected chi connectivity index (χ2v) is 10.4. The van der Waals surface area contributed by atoms with Gasteiger partial charge in [-0.15, -0.1) is 0 Å². The summed E-state index contributed by atoms with van der Waals surface area (Å²) in [6.07, 6.45) is 6.13. The first kappa shape index (κ1) is 25.5. The third kappa shape index (κ3) is 5.12. The van der Waals surface area contributed by atoms with Crippen LogP contribution < -0.4 is 15.5 Å². The molecule has 0 radical (unpaired) electrons. The van der Waals surface area contributed by atoms with Crippen LogP contribution in [0.5, 0.6) is 0 Å². The minimum absolute atomic E-state index is 0.0135. The summed E-state index contributed by atoms with van der Waals surface area (Å²) in [4.78, 5) is 30.2. The van der Waals surface area contributed by atoms with Crippen LogP contribution in [0.1, 0.15) is 24.9 Å². The van der Waals surface area contributed by atoms with E-state index in [0.717, 1.165) is 61.2 Å². The second-order valence-electron chi connectivity index (χ2n) is 9.99. The summed E-state index contributed by atoms with van der Waals surface area (Å²) >= 11 is 6.56. The van der Waals surface area contributed by atoms with Crippen molar-refractivity contribution in [1.29, 1.82) is 0 Å². The normalized spacial score (nSPS) is 18.8. The van der Waals surface area contributed by atoms with E-state index in [1.54, 1.807) is 18.3 Å². The van der Waals surface area contributed by atoms with E-state index in [1.165, 1.54) is 6.07 Å². The molecule has 2 N–H and O–H groups in total. The van der Waals surface area contributed by atoms with Crippen LogP contribution in [-0.2, 0) is 4.79 Å². The predicted octanol–water partition coefficient (Wildman–Crippen LogP) is 4.67. The van der Waals surface area contributed by atoms with Crippen LogP contribution in [0.25, 0.3) is 22.0 Å². The fourth-order valence-corrected chi connectivity index (χ4v) is 5.62. The molecule has 0 spiro atoms. The molecule has 39 heavy (non-hydrogen) atoms. The molecule has 10 heteroatoms. The molecule has 2 saturated heterocycles. The molecule has 0 bridgehead atoms. The monoisotopic (exact) mass is 545 g/mol. The van der Waals surface area contributed by atoms with Gasteiger partial charge in [0.25, 0.3) is 0 Å². The van der Waals surface area contributed by atoms with Gasteiger partial charge in [-0.3, -0.25) is 14.7 Å². The lowest BCUT2D eigenvalue weighted by molar-refractivity contribution is -0.123. The molecule has 2 aromatic heterocycles. The summed E-state index contributed by atoms with van der Waals surface area (Å²) in [6.45, 7) is 5.83. The van der Waals surface area contributed by atoms with Gasteiger partial charge in [-0.25, -0.2) is 14.4 Å². The molecular formula is C29H29ClFN7O. The van der Waals surface area contributed by atoms with Crippen LogP contribution in [0, 0.1) is 5.82 Å². The van der Waals surface area contributed by atoms with Crippen LogP contribution in [0.3, 0.4) is 0 Å². The van der Waals surface area contributed by atoms with Crippen molar-refractivity contribution in [2.24, 2.45) is 0 Å². The van der Waals surface area contributed by atoms with Gasteiger partial charge in [0, 0.05) is 67.8 Å². The van der Waals surface area contributed by atoms with Gasteiger partial charge in [-0.05, 0) is 37.1 Å². The van der Waals surface area contributed by atoms with Gasteiger partial charge in [0.1, 0.15) is 5.82 Å². The molecule has 4 aromatic rings. The zero-order valence-corrected chi connectivity index (χ0v) is 22.3. The number of amides is 1. The minimum Gasteiger partial charge on any atom is -0.377 e. The lowest BCUT2D eigenvalue weighted by atomic mass is 10.0. The molecule has 6 rings (SSSR count). The average Bonchev–Trinajstić information content (AvgIpc) is 3.40. The first-order valence-electron chi connectivity index (χ1n) is 13.2. The van der Waals surface area contributed by atoms with E-state index in [4.69, 9.17) is 11.6 Å². The summed E-state index contributed by atoms with van der Waals surface area (Å²) in [5, 5.41) is 7.60. The largest absolute Gasteiger partial charge is 0.377 e. The second kappa shape index (κ2) is 10.7. The number of piperazine rings is 1. The molecular weight excluding hydrogens is 517 g/mol. The van der Waals surface area contributed by atoms with Gasteiger partial charge in [0.15, 0.2) is 0 Å². The molecule has 2 atom stereocenters. The Labute approximate surface area is 231 Å². The number of carbonyl (C=O) groups is 1. The average molecular weight is 546 g/mol. The Bertz CT molecular complexity index is 1510. The quantitative estimate of drug-likeness (QED) is 0.364. The maximum absolute atomic E-state index is 14.4. The lowest BCUT2D eigenvalue weighted by Crippen LogP contribution is -2.52. The highest BCUT2D eigenvalue weighted by molar-refractivity contribution is 6.34.